The summed E-state index contributed by atoms with van der Waals surface area (Å²) in [5.41, 5.74) is 13.5. The highest BCUT2D eigenvalue weighted by Crippen LogP contribution is 2.25. The number of anilines is 1. The van der Waals surface area contributed by atoms with E-state index in [1.165, 1.54) is 29.5 Å². The average Bonchev–Trinajstić information content (AvgIpc) is 3.41. The lowest BCUT2D eigenvalue weighted by atomic mass is 9.97. The fourth-order valence-corrected chi connectivity index (χ4v) is 4.82. The van der Waals surface area contributed by atoms with Gasteiger partial charge >= 0.3 is 6.36 Å². The molecule has 0 bridgehead atoms. The number of unbranched alkanes of at least 4 members (excludes halogenated alkanes) is 1. The maximum absolute atomic E-state index is 12.9. The number of allylic oxidation sites excluding steroid dienone is 3. The van der Waals surface area contributed by atoms with Gasteiger partial charge in [0.1, 0.15) is 16.6 Å². The van der Waals surface area contributed by atoms with Gasteiger partial charge in [0.25, 0.3) is 0 Å². The number of rotatable bonds is 16. The third-order valence-electron chi connectivity index (χ3n) is 6.07. The second-order valence-corrected chi connectivity index (χ2v) is 10.7. The van der Waals surface area contributed by atoms with Crippen LogP contribution in [0.15, 0.2) is 72.5 Å². The zero-order chi connectivity index (χ0) is 32.0. The SMILES string of the molecule is COCCC(C(=O)Nc1nnc(CCCC/C(N)=C/C=C(\N)NC(=O)Cc2cccc(OC(F)(F)F)c2)s1)c1cccnc1. The van der Waals surface area contributed by atoms with E-state index in [-0.39, 0.29) is 18.1 Å². The number of alkyl halides is 3. The largest absolute Gasteiger partial charge is 0.573 e. The zero-order valence-corrected chi connectivity index (χ0v) is 24.8. The van der Waals surface area contributed by atoms with Crippen LogP contribution >= 0.6 is 11.3 Å². The van der Waals surface area contributed by atoms with Gasteiger partial charge < -0.3 is 26.3 Å². The first kappa shape index (κ1) is 34.0. The topological polar surface area (TPSA) is 167 Å². The number of hydrogen-bond acceptors (Lipinski definition) is 10. The first-order chi connectivity index (χ1) is 21.0. The molecule has 3 rings (SSSR count). The smallest absolute Gasteiger partial charge is 0.406 e. The molecule has 0 fully saturated rings. The second kappa shape index (κ2) is 17.0. The number of halogens is 3. The van der Waals surface area contributed by atoms with E-state index < -0.39 is 23.9 Å². The molecule has 44 heavy (non-hydrogen) atoms. The molecule has 0 spiro atoms. The highest BCUT2D eigenvalue weighted by atomic mass is 32.1. The molecule has 0 radical (unpaired) electrons. The van der Waals surface area contributed by atoms with Crippen molar-refractivity contribution in [3.63, 3.8) is 0 Å². The quantitative estimate of drug-likeness (QED) is 0.133. The molecule has 0 saturated heterocycles. The first-order valence-corrected chi connectivity index (χ1v) is 14.4. The number of nitrogens with one attached hydrogen (secondary N) is 2. The predicted molar refractivity (Wildman–Crippen MR) is 159 cm³/mol. The second-order valence-electron chi connectivity index (χ2n) is 9.60. The van der Waals surface area contributed by atoms with Crippen LogP contribution in [0.2, 0.25) is 0 Å². The van der Waals surface area contributed by atoms with Crippen molar-refractivity contribution in [3.8, 4) is 5.75 Å². The van der Waals surface area contributed by atoms with Crippen LogP contribution in [0.3, 0.4) is 0 Å². The lowest BCUT2D eigenvalue weighted by Gasteiger charge is -2.15. The summed E-state index contributed by atoms with van der Waals surface area (Å²) in [5.74, 6) is -1.52. The number of benzene rings is 1. The summed E-state index contributed by atoms with van der Waals surface area (Å²) in [4.78, 5) is 29.2. The van der Waals surface area contributed by atoms with Crippen molar-refractivity contribution in [2.45, 2.75) is 50.8 Å². The number of nitrogens with two attached hydrogens (primary N) is 2. The van der Waals surface area contributed by atoms with Crippen molar-refractivity contribution in [2.75, 3.05) is 19.0 Å². The van der Waals surface area contributed by atoms with E-state index in [4.69, 9.17) is 16.2 Å². The Balaban J connectivity index is 1.40. The van der Waals surface area contributed by atoms with Gasteiger partial charge in [-0.2, -0.15) is 0 Å². The Labute approximate surface area is 256 Å². The average molecular weight is 634 g/mol. The van der Waals surface area contributed by atoms with E-state index in [2.05, 4.69) is 30.6 Å². The van der Waals surface area contributed by atoms with E-state index in [0.717, 1.165) is 35.5 Å². The van der Waals surface area contributed by atoms with Gasteiger partial charge in [0.15, 0.2) is 0 Å². The number of carbonyl (C=O) groups excluding carboxylic acids is 2. The fourth-order valence-electron chi connectivity index (χ4n) is 4.03. The summed E-state index contributed by atoms with van der Waals surface area (Å²) in [6.07, 6.45) is 4.56. The fraction of sp³-hybridized carbons (Fsp3) is 0.345. The summed E-state index contributed by atoms with van der Waals surface area (Å²) in [6.45, 7) is 0.422. The molecule has 0 aliphatic heterocycles. The molecule has 0 aliphatic carbocycles. The van der Waals surface area contributed by atoms with Crippen LogP contribution in [0, 0.1) is 0 Å². The predicted octanol–water partition coefficient (Wildman–Crippen LogP) is 4.30. The van der Waals surface area contributed by atoms with Gasteiger partial charge in [0.2, 0.25) is 16.9 Å². The van der Waals surface area contributed by atoms with E-state index in [1.54, 1.807) is 31.6 Å². The molecule has 3 aromatic rings. The normalized spacial score (nSPS) is 12.9. The van der Waals surface area contributed by atoms with E-state index in [1.807, 2.05) is 6.07 Å². The molecule has 2 aromatic heterocycles. The number of hydrogen-bond donors (Lipinski definition) is 4. The third-order valence-corrected chi connectivity index (χ3v) is 6.97. The van der Waals surface area contributed by atoms with E-state index in [9.17, 15) is 22.8 Å². The maximum Gasteiger partial charge on any atom is 0.573 e. The number of aromatic nitrogens is 3. The number of amides is 2. The molecule has 6 N–H and O–H groups in total. The molecule has 0 saturated carbocycles. The van der Waals surface area contributed by atoms with Crippen molar-refractivity contribution in [2.24, 2.45) is 11.5 Å². The number of pyridine rings is 1. The number of nitrogens with zero attached hydrogens (tertiary/aromatic N) is 3. The number of ether oxygens (including phenoxy) is 2. The van der Waals surface area contributed by atoms with Crippen molar-refractivity contribution >= 4 is 28.3 Å². The van der Waals surface area contributed by atoms with Crippen LogP contribution in [0.5, 0.6) is 5.75 Å². The lowest BCUT2D eigenvalue weighted by Crippen LogP contribution is -2.28. The van der Waals surface area contributed by atoms with Gasteiger partial charge in [-0.25, -0.2) is 0 Å². The van der Waals surface area contributed by atoms with Crippen LogP contribution in [0.1, 0.15) is 47.7 Å². The molecule has 15 heteroatoms. The summed E-state index contributed by atoms with van der Waals surface area (Å²) >= 11 is 1.31. The molecule has 2 amide bonds. The third kappa shape index (κ3) is 12.4. The molecule has 1 aromatic carbocycles. The summed E-state index contributed by atoms with van der Waals surface area (Å²) < 4.78 is 46.2. The number of aryl methyl sites for hydroxylation is 1. The van der Waals surface area contributed by atoms with Gasteiger partial charge in [-0.3, -0.25) is 19.9 Å². The Kier molecular flexibility index (Phi) is 13.1. The lowest BCUT2D eigenvalue weighted by molar-refractivity contribution is -0.274. The Morgan fingerprint density at radius 1 is 1.11 bits per heavy atom. The summed E-state index contributed by atoms with van der Waals surface area (Å²) in [6, 6.07) is 8.77. The summed E-state index contributed by atoms with van der Waals surface area (Å²) in [7, 11) is 1.58. The molecule has 1 unspecified atom stereocenters. The van der Waals surface area contributed by atoms with Crippen LogP contribution < -0.4 is 26.8 Å². The van der Waals surface area contributed by atoms with Crippen molar-refractivity contribution in [1.82, 2.24) is 20.5 Å². The minimum absolute atomic E-state index is 0.0390. The highest BCUT2D eigenvalue weighted by molar-refractivity contribution is 7.15. The maximum atomic E-state index is 12.9. The summed E-state index contributed by atoms with van der Waals surface area (Å²) in [5, 5.41) is 14.8. The standard InChI is InChI=1S/C29H34F3N7O4S/c1-42-15-13-23(20-7-5-14-35-18-20)27(41)37-28-39-38-26(44-28)10-3-2-8-21(33)11-12-24(34)36-25(40)17-19-6-4-9-22(16-19)43-29(30,31)32/h4-7,9,11-12,14,16,18,23H,2-3,8,10,13,15,17,33-34H2,1H3,(H,36,40)(H,37,39,41)/b21-11-,24-12+. The number of carbonyl (C=O) groups is 2. The molecule has 2 heterocycles. The van der Waals surface area contributed by atoms with Gasteiger partial charge in [-0.15, -0.1) is 23.4 Å². The minimum atomic E-state index is -4.82. The van der Waals surface area contributed by atoms with Crippen molar-refractivity contribution < 1.29 is 32.2 Å². The minimum Gasteiger partial charge on any atom is -0.406 e. The molecular formula is C29H34F3N7O4S. The van der Waals surface area contributed by atoms with Gasteiger partial charge in [0.05, 0.1) is 12.3 Å². The Hall–Kier alpha value is -4.50. The van der Waals surface area contributed by atoms with Crippen LogP contribution in [-0.2, 0) is 27.2 Å². The molecule has 11 nitrogen and oxygen atoms in total. The van der Waals surface area contributed by atoms with E-state index in [0.29, 0.717) is 42.3 Å². The zero-order valence-electron chi connectivity index (χ0n) is 24.0. The first-order valence-electron chi connectivity index (χ1n) is 13.6. The van der Waals surface area contributed by atoms with Crippen LogP contribution in [0.4, 0.5) is 18.3 Å². The van der Waals surface area contributed by atoms with Gasteiger partial charge in [-0.05, 0) is 67.2 Å². The Morgan fingerprint density at radius 3 is 2.66 bits per heavy atom. The Bertz CT molecular complexity index is 1430. The molecular weight excluding hydrogens is 599 g/mol. The van der Waals surface area contributed by atoms with Crippen LogP contribution in [0.25, 0.3) is 0 Å². The van der Waals surface area contributed by atoms with Crippen molar-refractivity contribution in [1.29, 1.82) is 0 Å². The number of methoxy groups -OCH3 is 1. The van der Waals surface area contributed by atoms with Gasteiger partial charge in [0, 0.05) is 38.2 Å². The molecule has 0 aliphatic rings. The molecule has 236 valence electrons. The Morgan fingerprint density at radius 2 is 1.93 bits per heavy atom. The molecule has 1 atom stereocenters. The van der Waals surface area contributed by atoms with Gasteiger partial charge in [-0.1, -0.05) is 29.5 Å². The highest BCUT2D eigenvalue weighted by Gasteiger charge is 2.31. The monoisotopic (exact) mass is 633 g/mol. The van der Waals surface area contributed by atoms with Crippen LogP contribution in [-0.4, -0.2) is 47.1 Å². The van der Waals surface area contributed by atoms with Crippen molar-refractivity contribution in [3.05, 3.63) is 88.6 Å². The van der Waals surface area contributed by atoms with E-state index >= 15 is 0 Å².